The summed E-state index contributed by atoms with van der Waals surface area (Å²) in [6, 6.07) is 16.5. The highest BCUT2D eigenvalue weighted by Gasteiger charge is 2.21. The van der Waals surface area contributed by atoms with E-state index in [1.54, 1.807) is 39.1 Å². The number of halogens is 1. The molecule has 0 bridgehead atoms. The van der Waals surface area contributed by atoms with Gasteiger partial charge in [0.25, 0.3) is 0 Å². The topological polar surface area (TPSA) is 128 Å². The van der Waals surface area contributed by atoms with Crippen LogP contribution in [0.5, 0.6) is 11.5 Å². The number of anilines is 2. The van der Waals surface area contributed by atoms with Crippen LogP contribution in [-0.2, 0) is 16.1 Å². The molecule has 0 spiro atoms. The van der Waals surface area contributed by atoms with Gasteiger partial charge in [-0.15, -0.1) is 0 Å². The summed E-state index contributed by atoms with van der Waals surface area (Å²) in [4.78, 5) is 38.9. The number of ether oxygens (including phenoxy) is 3. The van der Waals surface area contributed by atoms with Crippen molar-refractivity contribution in [2.75, 3.05) is 25.5 Å². The second-order valence-electron chi connectivity index (χ2n) is 10.8. The zero-order valence-corrected chi connectivity index (χ0v) is 25.5. The molecule has 4 rings (SSSR count). The Labute approximate surface area is 255 Å². The molecule has 2 aromatic heterocycles. The Balaban J connectivity index is 1.40. The third-order valence-electron chi connectivity index (χ3n) is 5.92. The molecule has 43 heavy (non-hydrogen) atoms. The Morgan fingerprint density at radius 1 is 1.02 bits per heavy atom. The second kappa shape index (κ2) is 14.0. The van der Waals surface area contributed by atoms with Crippen molar-refractivity contribution in [3.8, 4) is 11.5 Å². The van der Waals surface area contributed by atoms with Crippen molar-refractivity contribution in [2.45, 2.75) is 46.0 Å². The van der Waals surface area contributed by atoms with Gasteiger partial charge in [0.15, 0.2) is 0 Å². The molecular weight excluding hydrogens is 572 g/mol. The minimum Gasteiger partial charge on any atom is -0.488 e. The maximum Gasteiger partial charge on any atom is 0.410 e. The molecule has 2 amide bonds. The molecule has 0 saturated heterocycles. The van der Waals surface area contributed by atoms with Gasteiger partial charge in [-0.1, -0.05) is 23.7 Å². The Bertz CT molecular complexity index is 1560. The number of benzene rings is 2. The van der Waals surface area contributed by atoms with E-state index in [1.807, 2.05) is 49.4 Å². The lowest BCUT2D eigenvalue weighted by Crippen LogP contribution is -2.43. The minimum absolute atomic E-state index is 0.145. The molecule has 2 aromatic carbocycles. The van der Waals surface area contributed by atoms with E-state index in [4.69, 9.17) is 25.8 Å². The number of aromatic nitrogens is 3. The number of amides is 2. The van der Waals surface area contributed by atoms with Crippen molar-refractivity contribution >= 4 is 46.0 Å². The normalized spacial score (nSPS) is 11.9. The van der Waals surface area contributed by atoms with E-state index in [0.29, 0.717) is 45.5 Å². The van der Waals surface area contributed by atoms with Gasteiger partial charge in [0.05, 0.1) is 28.2 Å². The van der Waals surface area contributed by atoms with Crippen LogP contribution in [0.3, 0.4) is 0 Å². The number of hydrogen-bond acceptors (Lipinski definition) is 9. The fourth-order valence-electron chi connectivity index (χ4n) is 3.93. The van der Waals surface area contributed by atoms with E-state index in [0.717, 1.165) is 5.69 Å². The molecule has 0 saturated carbocycles. The summed E-state index contributed by atoms with van der Waals surface area (Å²) in [6.07, 6.45) is 2.20. The Hall–Kier alpha value is -4.64. The Morgan fingerprint density at radius 2 is 1.84 bits per heavy atom. The molecule has 0 fully saturated rings. The molecular formula is C31H35ClN6O5. The van der Waals surface area contributed by atoms with Crippen molar-refractivity contribution in [3.63, 3.8) is 0 Å². The fraction of sp³-hybridized carbons (Fsp3) is 0.323. The maximum atomic E-state index is 12.4. The van der Waals surface area contributed by atoms with E-state index in [1.165, 1.54) is 18.3 Å². The van der Waals surface area contributed by atoms with Crippen LogP contribution < -0.4 is 20.1 Å². The van der Waals surface area contributed by atoms with Crippen molar-refractivity contribution in [1.29, 1.82) is 0 Å². The van der Waals surface area contributed by atoms with E-state index < -0.39 is 17.8 Å². The van der Waals surface area contributed by atoms with Gasteiger partial charge < -0.3 is 29.7 Å². The van der Waals surface area contributed by atoms with Crippen LogP contribution in [0.4, 0.5) is 16.3 Å². The first kappa shape index (κ1) is 31.3. The summed E-state index contributed by atoms with van der Waals surface area (Å²) in [6.45, 7) is 7.49. The second-order valence-corrected chi connectivity index (χ2v) is 11.2. The van der Waals surface area contributed by atoms with Crippen LogP contribution in [-0.4, -0.2) is 63.7 Å². The van der Waals surface area contributed by atoms with Gasteiger partial charge >= 0.3 is 6.09 Å². The average Bonchev–Trinajstić information content (AvgIpc) is 2.95. The Kier molecular flexibility index (Phi) is 10.2. The summed E-state index contributed by atoms with van der Waals surface area (Å²) in [5.41, 5.74) is 1.51. The van der Waals surface area contributed by atoms with Crippen LogP contribution in [0, 0.1) is 0 Å². The van der Waals surface area contributed by atoms with Crippen LogP contribution in [0.15, 0.2) is 67.1 Å². The molecule has 2 N–H and O–H groups in total. The first-order valence-electron chi connectivity index (χ1n) is 13.7. The van der Waals surface area contributed by atoms with Gasteiger partial charge in [-0.3, -0.25) is 9.78 Å². The third-order valence-corrected chi connectivity index (χ3v) is 6.22. The first-order chi connectivity index (χ1) is 20.5. The van der Waals surface area contributed by atoms with E-state index in [-0.39, 0.29) is 19.0 Å². The smallest absolute Gasteiger partial charge is 0.410 e. The molecule has 226 valence electrons. The lowest BCUT2D eigenvalue weighted by Gasteiger charge is -2.24. The molecule has 0 aliphatic carbocycles. The van der Waals surface area contributed by atoms with Crippen LogP contribution >= 0.6 is 11.6 Å². The number of hydrogen-bond donors (Lipinski definition) is 2. The zero-order chi connectivity index (χ0) is 31.0. The summed E-state index contributed by atoms with van der Waals surface area (Å²) in [5.74, 6) is 1.25. The molecule has 0 aliphatic heterocycles. The highest BCUT2D eigenvalue weighted by atomic mass is 35.5. The lowest BCUT2D eigenvalue weighted by atomic mass is 10.2. The minimum atomic E-state index is -0.648. The monoisotopic (exact) mass is 606 g/mol. The summed E-state index contributed by atoms with van der Waals surface area (Å²) in [5, 5.41) is 7.19. The molecule has 11 nitrogen and oxygen atoms in total. The van der Waals surface area contributed by atoms with Gasteiger partial charge in [-0.25, -0.2) is 14.8 Å². The number of carbonyl (C=O) groups is 2. The number of nitrogens with one attached hydrogen (secondary N) is 2. The lowest BCUT2D eigenvalue weighted by molar-refractivity contribution is -0.122. The molecule has 0 radical (unpaired) electrons. The average molecular weight is 607 g/mol. The number of likely N-dealkylation sites (N-methyl/N-ethyl adjacent to an activating group) is 1. The Morgan fingerprint density at radius 3 is 2.56 bits per heavy atom. The quantitative estimate of drug-likeness (QED) is 0.219. The molecule has 0 aliphatic rings. The number of pyridine rings is 1. The summed E-state index contributed by atoms with van der Waals surface area (Å²) < 4.78 is 17.3. The first-order valence-corrected chi connectivity index (χ1v) is 14.1. The largest absolute Gasteiger partial charge is 0.488 e. The number of carbonyl (C=O) groups excluding carboxylic acids is 2. The summed E-state index contributed by atoms with van der Waals surface area (Å²) >= 11 is 6.51. The van der Waals surface area contributed by atoms with E-state index in [9.17, 15) is 9.59 Å². The van der Waals surface area contributed by atoms with Crippen molar-refractivity contribution in [2.24, 2.45) is 0 Å². The molecule has 0 unspecified atom stereocenters. The van der Waals surface area contributed by atoms with E-state index in [2.05, 4.69) is 25.6 Å². The zero-order valence-electron chi connectivity index (χ0n) is 24.8. The van der Waals surface area contributed by atoms with Crippen LogP contribution in [0.2, 0.25) is 5.02 Å². The van der Waals surface area contributed by atoms with Crippen molar-refractivity contribution in [1.82, 2.24) is 25.2 Å². The van der Waals surface area contributed by atoms with Crippen LogP contribution in [0.25, 0.3) is 10.9 Å². The van der Waals surface area contributed by atoms with Crippen molar-refractivity contribution < 1.29 is 23.8 Å². The number of fused-ring (bicyclic) bond motifs is 1. The molecule has 2 heterocycles. The van der Waals surface area contributed by atoms with Crippen molar-refractivity contribution in [3.05, 3.63) is 77.8 Å². The highest BCUT2D eigenvalue weighted by molar-refractivity contribution is 6.32. The predicted molar refractivity (Wildman–Crippen MR) is 165 cm³/mol. The molecule has 4 aromatic rings. The van der Waals surface area contributed by atoms with Gasteiger partial charge in [0.1, 0.15) is 48.5 Å². The van der Waals surface area contributed by atoms with Gasteiger partial charge in [-0.05, 0) is 70.2 Å². The van der Waals surface area contributed by atoms with Gasteiger partial charge in [0.2, 0.25) is 5.91 Å². The van der Waals surface area contributed by atoms with Crippen LogP contribution in [0.1, 0.15) is 33.4 Å². The van der Waals surface area contributed by atoms with Gasteiger partial charge in [-0.2, -0.15) is 0 Å². The van der Waals surface area contributed by atoms with E-state index >= 15 is 0 Å². The predicted octanol–water partition coefficient (Wildman–Crippen LogP) is 5.75. The SMILES string of the molecule is C[C@H](CNC(=O)CN(C)C(=O)OC(C)(C)C)Oc1cccc2ncnc(Nc3ccc(OCc4ccccn4)c(Cl)c3)c12. The molecule has 12 heteroatoms. The fourth-order valence-corrected chi connectivity index (χ4v) is 4.17. The number of rotatable bonds is 11. The standard InChI is InChI=1S/C31H35ClN6O5/c1-20(16-34-27(39)17-38(5)30(40)43-31(2,3)4)42-26-11-8-10-24-28(26)29(36-19-35-24)37-21-12-13-25(23(32)15-21)41-18-22-9-6-7-14-33-22/h6-15,19-20H,16-18H2,1-5H3,(H,34,39)(H,35,36,37)/t20-/m1/s1. The van der Waals surface area contributed by atoms with Gasteiger partial charge in [0, 0.05) is 18.9 Å². The highest BCUT2D eigenvalue weighted by Crippen LogP contribution is 2.34. The summed E-state index contributed by atoms with van der Waals surface area (Å²) in [7, 11) is 1.51. The third kappa shape index (κ3) is 9.17. The maximum absolute atomic E-state index is 12.4. The number of nitrogens with zero attached hydrogens (tertiary/aromatic N) is 4. The molecule has 1 atom stereocenters.